The van der Waals surface area contributed by atoms with Crippen molar-refractivity contribution in [3.63, 3.8) is 0 Å². The number of hydrogen-bond donors (Lipinski definition) is 2. The van der Waals surface area contributed by atoms with E-state index in [0.717, 1.165) is 26.6 Å². The first-order valence-corrected chi connectivity index (χ1v) is 9.76. The molecule has 0 aliphatic carbocycles. The molecule has 5 aromatic rings. The molecule has 5 rings (SSSR count). The van der Waals surface area contributed by atoms with E-state index in [1.165, 1.54) is 12.4 Å². The maximum atomic E-state index is 14.3. The van der Waals surface area contributed by atoms with Crippen LogP contribution in [0.2, 0.25) is 0 Å². The van der Waals surface area contributed by atoms with Crippen molar-refractivity contribution < 1.29 is 4.39 Å². The number of aromatic nitrogens is 4. The molecule has 27 heavy (non-hydrogen) atoms. The Morgan fingerprint density at radius 1 is 1.11 bits per heavy atom. The summed E-state index contributed by atoms with van der Waals surface area (Å²) in [7, 11) is 0. The van der Waals surface area contributed by atoms with Crippen molar-refractivity contribution in [2.75, 3.05) is 5.32 Å². The second kappa shape index (κ2) is 6.40. The Hall–Kier alpha value is -2.84. The number of fused-ring (bicyclic) bond motifs is 3. The molecule has 8 heteroatoms. The summed E-state index contributed by atoms with van der Waals surface area (Å²) in [5, 5.41) is 14.0. The van der Waals surface area contributed by atoms with Crippen LogP contribution in [0, 0.1) is 5.82 Å². The van der Waals surface area contributed by atoms with Gasteiger partial charge in [0.05, 0.1) is 11.2 Å². The monoisotopic (exact) mass is 439 g/mol. The summed E-state index contributed by atoms with van der Waals surface area (Å²) in [5.74, 6) is 0.898. The molecule has 0 unspecified atom stereocenters. The minimum absolute atomic E-state index is 0.349. The van der Waals surface area contributed by atoms with Crippen LogP contribution >= 0.6 is 27.3 Å². The Balaban J connectivity index is 1.76. The van der Waals surface area contributed by atoms with Gasteiger partial charge in [0.2, 0.25) is 0 Å². The van der Waals surface area contributed by atoms with Crippen molar-refractivity contribution in [3.05, 3.63) is 64.5 Å². The predicted octanol–water partition coefficient (Wildman–Crippen LogP) is 5.88. The lowest BCUT2D eigenvalue weighted by molar-refractivity contribution is 0.631. The highest BCUT2D eigenvalue weighted by Crippen LogP contribution is 2.38. The number of rotatable bonds is 3. The smallest absolute Gasteiger partial charge is 0.157 e. The molecule has 0 amide bonds. The SMILES string of the molecule is Fc1cc(Br)ccc1Nc1nc2c(-c3ncn[nH]3)cccc2c2sccc12. The van der Waals surface area contributed by atoms with E-state index in [1.54, 1.807) is 23.5 Å². The van der Waals surface area contributed by atoms with Gasteiger partial charge >= 0.3 is 0 Å². The molecule has 0 saturated carbocycles. The van der Waals surface area contributed by atoms with E-state index in [-0.39, 0.29) is 5.82 Å². The van der Waals surface area contributed by atoms with Crippen LogP contribution in [0.15, 0.2) is 58.6 Å². The zero-order valence-corrected chi connectivity index (χ0v) is 16.1. The minimum atomic E-state index is -0.349. The average Bonchev–Trinajstić information content (AvgIpc) is 3.35. The molecular formula is C19H11BrFN5S. The molecule has 0 atom stereocenters. The normalized spacial score (nSPS) is 11.3. The Labute approximate surface area is 165 Å². The first-order valence-electron chi connectivity index (χ1n) is 8.08. The second-order valence-corrected chi connectivity index (χ2v) is 7.74. The van der Waals surface area contributed by atoms with Gasteiger partial charge in [-0.2, -0.15) is 5.10 Å². The topological polar surface area (TPSA) is 66.5 Å². The molecule has 0 aliphatic rings. The maximum absolute atomic E-state index is 14.3. The summed E-state index contributed by atoms with van der Waals surface area (Å²) < 4.78 is 16.1. The molecule has 0 aliphatic heterocycles. The maximum Gasteiger partial charge on any atom is 0.157 e. The fourth-order valence-corrected chi connectivity index (χ4v) is 4.32. The van der Waals surface area contributed by atoms with Crippen molar-refractivity contribution in [2.24, 2.45) is 0 Å². The number of aromatic amines is 1. The lowest BCUT2D eigenvalue weighted by Crippen LogP contribution is -1.98. The molecule has 5 nitrogen and oxygen atoms in total. The van der Waals surface area contributed by atoms with Gasteiger partial charge in [-0.25, -0.2) is 14.4 Å². The second-order valence-electron chi connectivity index (χ2n) is 5.91. The lowest BCUT2D eigenvalue weighted by atomic mass is 10.1. The minimum Gasteiger partial charge on any atom is -0.337 e. The van der Waals surface area contributed by atoms with Crippen LogP contribution < -0.4 is 5.32 Å². The average molecular weight is 440 g/mol. The quantitative estimate of drug-likeness (QED) is 0.368. The van der Waals surface area contributed by atoms with Gasteiger partial charge in [0.15, 0.2) is 5.82 Å². The number of hydrogen-bond acceptors (Lipinski definition) is 5. The summed E-state index contributed by atoms with van der Waals surface area (Å²) in [4.78, 5) is 9.07. The van der Waals surface area contributed by atoms with E-state index < -0.39 is 0 Å². The van der Waals surface area contributed by atoms with Crippen LogP contribution in [0.3, 0.4) is 0 Å². The van der Waals surface area contributed by atoms with Crippen molar-refractivity contribution >= 4 is 59.8 Å². The van der Waals surface area contributed by atoms with Gasteiger partial charge in [-0.1, -0.05) is 28.1 Å². The molecule has 0 spiro atoms. The van der Waals surface area contributed by atoms with Crippen molar-refractivity contribution in [1.29, 1.82) is 0 Å². The van der Waals surface area contributed by atoms with Gasteiger partial charge in [0.25, 0.3) is 0 Å². The molecule has 2 aromatic carbocycles. The number of anilines is 2. The first kappa shape index (κ1) is 16.3. The highest BCUT2D eigenvalue weighted by Gasteiger charge is 2.15. The van der Waals surface area contributed by atoms with Gasteiger partial charge in [-0.3, -0.25) is 5.10 Å². The molecule has 0 fully saturated rings. The van der Waals surface area contributed by atoms with Crippen LogP contribution in [0.5, 0.6) is 0 Å². The van der Waals surface area contributed by atoms with Crippen LogP contribution in [0.4, 0.5) is 15.9 Å². The highest BCUT2D eigenvalue weighted by atomic mass is 79.9. The third-order valence-electron chi connectivity index (χ3n) is 4.28. The molecule has 0 saturated heterocycles. The van der Waals surface area contributed by atoms with Crippen LogP contribution in [0.25, 0.3) is 32.4 Å². The van der Waals surface area contributed by atoms with Crippen LogP contribution in [0.1, 0.15) is 0 Å². The fourth-order valence-electron chi connectivity index (χ4n) is 3.06. The van der Waals surface area contributed by atoms with Crippen molar-refractivity contribution in [3.8, 4) is 11.4 Å². The number of nitrogens with one attached hydrogen (secondary N) is 2. The number of para-hydroxylation sites is 1. The number of halogens is 2. The number of nitrogens with zero attached hydrogens (tertiary/aromatic N) is 3. The summed E-state index contributed by atoms with van der Waals surface area (Å²) in [5.41, 5.74) is 2.00. The summed E-state index contributed by atoms with van der Waals surface area (Å²) in [6.45, 7) is 0. The number of thiophene rings is 1. The Morgan fingerprint density at radius 3 is 2.85 bits per heavy atom. The molecule has 2 N–H and O–H groups in total. The first-order chi connectivity index (χ1) is 13.2. The molecule has 0 bridgehead atoms. The third-order valence-corrected chi connectivity index (χ3v) is 5.72. The number of benzene rings is 2. The van der Waals surface area contributed by atoms with E-state index in [0.29, 0.717) is 21.8 Å². The highest BCUT2D eigenvalue weighted by molar-refractivity contribution is 9.10. The van der Waals surface area contributed by atoms with Crippen LogP contribution in [-0.2, 0) is 0 Å². The zero-order valence-electron chi connectivity index (χ0n) is 13.7. The van der Waals surface area contributed by atoms with Gasteiger partial charge < -0.3 is 5.32 Å². The van der Waals surface area contributed by atoms with E-state index in [2.05, 4.69) is 36.4 Å². The van der Waals surface area contributed by atoms with E-state index >= 15 is 0 Å². The molecule has 0 radical (unpaired) electrons. The lowest BCUT2D eigenvalue weighted by Gasteiger charge is -2.12. The molecule has 3 heterocycles. The van der Waals surface area contributed by atoms with Gasteiger partial charge in [0, 0.05) is 25.5 Å². The molecule has 132 valence electrons. The Morgan fingerprint density at radius 2 is 2.04 bits per heavy atom. The predicted molar refractivity (Wildman–Crippen MR) is 110 cm³/mol. The Kier molecular flexibility index (Phi) is 3.87. The van der Waals surface area contributed by atoms with E-state index in [4.69, 9.17) is 4.98 Å². The number of H-pyrrole nitrogens is 1. The number of pyridine rings is 1. The standard InChI is InChI=1S/C19H11BrFN5S/c20-10-4-5-15(14(21)8-10)24-19-13-6-7-27-17(13)11-2-1-3-12(16(11)25-19)18-22-9-23-26-18/h1-9H,(H,24,25)(H,22,23,26). The van der Waals surface area contributed by atoms with Gasteiger partial charge in [-0.15, -0.1) is 11.3 Å². The van der Waals surface area contributed by atoms with Crippen molar-refractivity contribution in [2.45, 2.75) is 0 Å². The van der Waals surface area contributed by atoms with Gasteiger partial charge in [0.1, 0.15) is 18.0 Å². The van der Waals surface area contributed by atoms with Crippen LogP contribution in [-0.4, -0.2) is 20.2 Å². The fraction of sp³-hybridized carbons (Fsp3) is 0. The molecule has 3 aromatic heterocycles. The Bertz CT molecular complexity index is 1280. The zero-order chi connectivity index (χ0) is 18.4. The van der Waals surface area contributed by atoms with E-state index in [1.807, 2.05) is 29.6 Å². The summed E-state index contributed by atoms with van der Waals surface area (Å²) in [6, 6.07) is 12.8. The third kappa shape index (κ3) is 2.77. The van der Waals surface area contributed by atoms with Crippen molar-refractivity contribution in [1.82, 2.24) is 20.2 Å². The molecular weight excluding hydrogens is 429 g/mol. The summed E-state index contributed by atoms with van der Waals surface area (Å²) in [6.07, 6.45) is 1.47. The van der Waals surface area contributed by atoms with E-state index in [9.17, 15) is 4.39 Å². The van der Waals surface area contributed by atoms with Gasteiger partial charge in [-0.05, 0) is 35.7 Å². The largest absolute Gasteiger partial charge is 0.337 e. The summed E-state index contributed by atoms with van der Waals surface area (Å²) >= 11 is 4.91.